The van der Waals surface area contributed by atoms with Crippen LogP contribution in [0.25, 0.3) is 11.1 Å². The molecule has 2 aliphatic carbocycles. The van der Waals surface area contributed by atoms with Gasteiger partial charge in [0.05, 0.1) is 0 Å². The van der Waals surface area contributed by atoms with E-state index in [2.05, 4.69) is 26.0 Å². The van der Waals surface area contributed by atoms with Gasteiger partial charge in [-0.25, -0.2) is 0 Å². The van der Waals surface area contributed by atoms with E-state index in [9.17, 15) is 0 Å². The molecule has 0 spiro atoms. The van der Waals surface area contributed by atoms with E-state index in [0.717, 1.165) is 5.56 Å². The van der Waals surface area contributed by atoms with Gasteiger partial charge in [-0.15, -0.1) is 0 Å². The minimum absolute atomic E-state index is 1.07. The van der Waals surface area contributed by atoms with E-state index in [4.69, 9.17) is 0 Å². The third-order valence-corrected chi connectivity index (χ3v) is 2.18. The van der Waals surface area contributed by atoms with Crippen LogP contribution in [-0.2, 0) is 0 Å². The van der Waals surface area contributed by atoms with E-state index in [1.807, 2.05) is 36.4 Å². The number of fused-ring (bicyclic) bond motifs is 1. The van der Waals surface area contributed by atoms with Crippen molar-refractivity contribution in [3.63, 3.8) is 0 Å². The Morgan fingerprint density at radius 3 is 1.71 bits per heavy atom. The molecule has 0 bridgehead atoms. The molecule has 0 heterocycles. The summed E-state index contributed by atoms with van der Waals surface area (Å²) < 4.78 is 0. The predicted molar refractivity (Wildman–Crippen MR) is 60.8 cm³/mol. The lowest BCUT2D eigenvalue weighted by Crippen LogP contribution is -1.62. The minimum Gasteiger partial charge on any atom is -0.0622 e. The summed E-state index contributed by atoms with van der Waals surface area (Å²) in [7, 11) is 0. The molecule has 0 atom stereocenters. The zero-order valence-electron chi connectivity index (χ0n) is 8.03. The molecule has 0 fully saturated rings. The summed E-state index contributed by atoms with van der Waals surface area (Å²) in [6.07, 6.45) is 0. The number of hydrogen-bond donors (Lipinski definition) is 0. The van der Waals surface area contributed by atoms with Gasteiger partial charge in [-0.2, -0.15) is 0 Å². The Bertz CT molecular complexity index is 427. The van der Waals surface area contributed by atoms with Crippen LogP contribution in [0.15, 0.2) is 48.5 Å². The highest BCUT2D eigenvalue weighted by molar-refractivity contribution is 5.85. The van der Waals surface area contributed by atoms with Crippen LogP contribution < -0.4 is 0 Å². The molecule has 1 aromatic rings. The maximum atomic E-state index is 3.80. The molecule has 0 saturated carbocycles. The predicted octanol–water partition coefficient (Wildman–Crippen LogP) is 3.72. The van der Waals surface area contributed by atoms with Crippen molar-refractivity contribution in [2.75, 3.05) is 0 Å². The zero-order valence-corrected chi connectivity index (χ0v) is 8.03. The summed E-state index contributed by atoms with van der Waals surface area (Å²) in [6, 6.07) is 16.2. The Kier molecular flexibility index (Phi) is 2.36. The summed E-state index contributed by atoms with van der Waals surface area (Å²) in [5, 5.41) is 0. The lowest BCUT2D eigenvalue weighted by molar-refractivity contribution is 1.62. The lowest BCUT2D eigenvalue weighted by Gasteiger charge is -1.82. The van der Waals surface area contributed by atoms with Gasteiger partial charge in [-0.3, -0.25) is 0 Å². The van der Waals surface area contributed by atoms with E-state index in [-0.39, 0.29) is 0 Å². The minimum atomic E-state index is 1.07. The second kappa shape index (κ2) is 3.67. The summed E-state index contributed by atoms with van der Waals surface area (Å²) in [5.41, 5.74) is 4.99. The first-order valence-electron chi connectivity index (χ1n) is 4.61. The first-order valence-corrected chi connectivity index (χ1v) is 4.61. The number of rotatable bonds is 0. The molecule has 0 nitrogen and oxygen atoms in total. The van der Waals surface area contributed by atoms with Crippen molar-refractivity contribution < 1.29 is 0 Å². The van der Waals surface area contributed by atoms with Gasteiger partial charge in [-0.1, -0.05) is 42.5 Å². The first-order chi connectivity index (χ1) is 6.77. The second-order valence-electron chi connectivity index (χ2n) is 3.36. The van der Waals surface area contributed by atoms with Crippen molar-refractivity contribution in [2.24, 2.45) is 0 Å². The largest absolute Gasteiger partial charge is 0.0622 e. The van der Waals surface area contributed by atoms with Gasteiger partial charge in [-0.05, 0) is 42.2 Å². The molecule has 1 aromatic carbocycles. The fourth-order valence-electron chi connectivity index (χ4n) is 1.29. The van der Waals surface area contributed by atoms with Gasteiger partial charge >= 0.3 is 0 Å². The SMILES string of the molecule is [CH2]c1ccc2cc1-2.[CH2]c1ccccc1. The Morgan fingerprint density at radius 1 is 0.786 bits per heavy atom. The molecule has 0 unspecified atom stereocenters. The fourth-order valence-corrected chi connectivity index (χ4v) is 1.29. The topological polar surface area (TPSA) is 0 Å². The van der Waals surface area contributed by atoms with Gasteiger partial charge in [0.2, 0.25) is 0 Å². The first kappa shape index (κ1) is 9.01. The van der Waals surface area contributed by atoms with Gasteiger partial charge in [0.15, 0.2) is 0 Å². The fraction of sp³-hybridized carbons (Fsp3) is 0. The molecule has 2 aliphatic rings. The molecule has 0 aromatic heterocycles. The average Bonchev–Trinajstić information content (AvgIpc) is 2.89. The van der Waals surface area contributed by atoms with Crippen LogP contribution in [0.4, 0.5) is 0 Å². The summed E-state index contributed by atoms with van der Waals surface area (Å²) >= 11 is 0. The average molecular weight is 180 g/mol. The van der Waals surface area contributed by atoms with Crippen LogP contribution >= 0.6 is 0 Å². The van der Waals surface area contributed by atoms with Crippen LogP contribution in [0.5, 0.6) is 0 Å². The molecule has 0 N–H and O–H groups in total. The van der Waals surface area contributed by atoms with Crippen LogP contribution in [-0.4, -0.2) is 0 Å². The zero-order chi connectivity index (χ0) is 9.97. The highest BCUT2D eigenvalue weighted by Gasteiger charge is 2.12. The van der Waals surface area contributed by atoms with Crippen molar-refractivity contribution >= 4 is 0 Å². The van der Waals surface area contributed by atoms with Crippen LogP contribution in [0, 0.1) is 13.8 Å². The molecule has 0 heteroatoms. The molecule has 14 heavy (non-hydrogen) atoms. The highest BCUT2D eigenvalue weighted by Crippen LogP contribution is 2.37. The summed E-state index contributed by atoms with van der Waals surface area (Å²) in [6.45, 7) is 7.52. The summed E-state index contributed by atoms with van der Waals surface area (Å²) in [4.78, 5) is 0. The van der Waals surface area contributed by atoms with E-state index in [1.54, 1.807) is 0 Å². The standard InChI is InChI=1S/C7H5.C7H7/c1-5-2-3-6-4-7(5)6;1-7-5-3-2-4-6-7/h2-4H,1H2;2-6H,1H2. The normalized spacial score (nSPS) is 10.1. The van der Waals surface area contributed by atoms with E-state index < -0.39 is 0 Å². The third-order valence-electron chi connectivity index (χ3n) is 2.18. The van der Waals surface area contributed by atoms with E-state index in [0.29, 0.717) is 0 Å². The molecule has 0 amide bonds. The van der Waals surface area contributed by atoms with Crippen molar-refractivity contribution in [3.8, 4) is 11.1 Å². The maximum absolute atomic E-state index is 3.80. The maximum Gasteiger partial charge on any atom is -0.0145 e. The van der Waals surface area contributed by atoms with Gasteiger partial charge in [0.25, 0.3) is 0 Å². The molecule has 0 saturated heterocycles. The Balaban J connectivity index is 0.000000107. The quantitative estimate of drug-likeness (QED) is 0.494. The second-order valence-corrected chi connectivity index (χ2v) is 3.36. The monoisotopic (exact) mass is 180 g/mol. The Morgan fingerprint density at radius 2 is 1.50 bits per heavy atom. The van der Waals surface area contributed by atoms with Crippen molar-refractivity contribution in [1.82, 2.24) is 0 Å². The van der Waals surface area contributed by atoms with Crippen LogP contribution in [0.3, 0.4) is 0 Å². The van der Waals surface area contributed by atoms with Crippen molar-refractivity contribution in [3.05, 3.63) is 73.5 Å². The van der Waals surface area contributed by atoms with E-state index >= 15 is 0 Å². The Hall–Kier alpha value is -1.56. The molecular formula is C14H12. The molecule has 3 rings (SSSR count). The number of benzene rings is 2. The Labute approximate surface area is 85.2 Å². The third kappa shape index (κ3) is 2.02. The molecular weight excluding hydrogens is 168 g/mol. The summed E-state index contributed by atoms with van der Waals surface area (Å²) in [5.74, 6) is 0. The smallest absolute Gasteiger partial charge is 0.0145 e. The molecule has 2 radical (unpaired) electrons. The van der Waals surface area contributed by atoms with Crippen molar-refractivity contribution in [1.29, 1.82) is 0 Å². The van der Waals surface area contributed by atoms with Gasteiger partial charge in [0, 0.05) is 0 Å². The van der Waals surface area contributed by atoms with Crippen molar-refractivity contribution in [2.45, 2.75) is 0 Å². The van der Waals surface area contributed by atoms with Gasteiger partial charge in [0.1, 0.15) is 0 Å². The highest BCUT2D eigenvalue weighted by atomic mass is 14.2. The lowest BCUT2D eigenvalue weighted by atomic mass is 10.2. The molecule has 0 aliphatic heterocycles. The molecule has 68 valence electrons. The van der Waals surface area contributed by atoms with Gasteiger partial charge < -0.3 is 0 Å². The van der Waals surface area contributed by atoms with Crippen LogP contribution in [0.2, 0.25) is 0 Å². The van der Waals surface area contributed by atoms with Crippen LogP contribution in [0.1, 0.15) is 11.1 Å². The number of hydrogen-bond acceptors (Lipinski definition) is 0. The van der Waals surface area contributed by atoms with E-state index in [1.165, 1.54) is 16.7 Å².